The number of rotatable bonds is 5. The monoisotopic (exact) mass is 668 g/mol. The van der Waals surface area contributed by atoms with E-state index in [-0.39, 0.29) is 0 Å². The van der Waals surface area contributed by atoms with Crippen LogP contribution in [0.25, 0.3) is 94.7 Å². The predicted molar refractivity (Wildman–Crippen MR) is 203 cm³/mol. The third-order valence-electron chi connectivity index (χ3n) is 7.49. The Balaban J connectivity index is 1.45. The summed E-state index contributed by atoms with van der Waals surface area (Å²) in [6.07, 6.45) is 0. The Kier molecular flexibility index (Phi) is 2.72. The molecule has 0 aliphatic heterocycles. The van der Waals surface area contributed by atoms with Crippen molar-refractivity contribution >= 4 is 43.7 Å². The van der Waals surface area contributed by atoms with Crippen LogP contribution in [-0.2, 0) is 0 Å². The Labute approximate surface area is 327 Å². The summed E-state index contributed by atoms with van der Waals surface area (Å²) in [5.74, 6) is -2.58. The topological polar surface area (TPSA) is 56.7 Å². The fourth-order valence-electron chi connectivity index (χ4n) is 5.39. The fourth-order valence-corrected chi connectivity index (χ4v) is 5.39. The number of furan rings is 1. The van der Waals surface area contributed by atoms with E-state index in [4.69, 9.17) is 34.6 Å². The second-order valence-electron chi connectivity index (χ2n) is 10.3. The van der Waals surface area contributed by atoms with Gasteiger partial charge in [0, 0.05) is 32.8 Å². The molecule has 7 aromatic carbocycles. The molecular weight excluding hydrogens is 613 g/mol. The van der Waals surface area contributed by atoms with E-state index in [1.54, 1.807) is 0 Å². The minimum atomic E-state index is -1.01. The molecule has 0 aliphatic carbocycles. The number of fused-ring (bicyclic) bond motifs is 6. The summed E-state index contributed by atoms with van der Waals surface area (Å²) in [6.45, 7) is 0. The third kappa shape index (κ3) is 4.60. The number of aromatic nitrogens is 4. The molecule has 3 aromatic heterocycles. The van der Waals surface area contributed by atoms with Gasteiger partial charge in [0.25, 0.3) is 0 Å². The Morgan fingerprint density at radius 1 is 0.400 bits per heavy atom. The maximum absolute atomic E-state index is 10.0. The molecule has 50 heavy (non-hydrogen) atoms. The second kappa shape index (κ2) is 11.4. The average molecular weight is 669 g/mol. The molecule has 0 saturated heterocycles. The Morgan fingerprint density at radius 2 is 0.980 bits per heavy atom. The molecule has 5 heteroatoms. The van der Waals surface area contributed by atoms with Crippen LogP contribution in [0.2, 0.25) is 0 Å². The van der Waals surface area contributed by atoms with Crippen molar-refractivity contribution < 1.29 is 42.8 Å². The van der Waals surface area contributed by atoms with Crippen molar-refractivity contribution in [2.24, 2.45) is 0 Å². The smallest absolute Gasteiger partial charge is 0.164 e. The lowest BCUT2D eigenvalue weighted by Crippen LogP contribution is -2.00. The lowest BCUT2D eigenvalue weighted by molar-refractivity contribution is 0.669. The van der Waals surface area contributed by atoms with E-state index in [1.807, 2.05) is 0 Å². The summed E-state index contributed by atoms with van der Waals surface area (Å²) in [5, 5.41) is -2.38. The summed E-state index contributed by atoms with van der Waals surface area (Å²) in [6, 6.07) is -25.5. The maximum atomic E-state index is 10.0. The van der Waals surface area contributed by atoms with Crippen LogP contribution in [0.15, 0.2) is 174 Å². The van der Waals surface area contributed by atoms with Crippen molar-refractivity contribution in [3.63, 3.8) is 0 Å². The third-order valence-corrected chi connectivity index (χ3v) is 7.49. The summed E-state index contributed by atoms with van der Waals surface area (Å²) in [4.78, 5) is 12.9. The number of hydrogen-bond donors (Lipinski definition) is 0. The van der Waals surface area contributed by atoms with Crippen molar-refractivity contribution in [2.75, 3.05) is 0 Å². The fraction of sp³-hybridized carbons (Fsp3) is 0. The standard InChI is InChI=1S/C45H28N4O/c1-4-13-29(14-5-1)32-24-26-40-36(27-32)42-38(21-12-22-41(42)50-40)49-37-20-11-10-19-34(37)35-25-23-33(28-39(35)49)45-47-43(30-15-6-2-7-16-30)46-44(48-45)31-17-8-3-9-18-31/h1-28H/i1D,2D,3D,4D,5D,6D,7D,8D,9D,10D,11D,12D,13D,14D,15D,16D,17D,18D,19D,20D,21D,22D,23D,24D,25D,26D,27D,28D. The quantitative estimate of drug-likeness (QED) is 0.183. The normalized spacial score (nSPS) is 19.4. The van der Waals surface area contributed by atoms with E-state index in [0.717, 1.165) is 4.57 Å². The number of benzene rings is 7. The molecule has 0 N–H and O–H groups in total. The van der Waals surface area contributed by atoms with Gasteiger partial charge in [0.05, 0.1) is 60.5 Å². The van der Waals surface area contributed by atoms with Gasteiger partial charge in [0.2, 0.25) is 0 Å². The zero-order valence-electron chi connectivity index (χ0n) is 52.7. The van der Waals surface area contributed by atoms with Gasteiger partial charge in [-0.15, -0.1) is 0 Å². The molecule has 0 unspecified atom stereocenters. The van der Waals surface area contributed by atoms with Crippen molar-refractivity contribution in [3.05, 3.63) is 169 Å². The van der Waals surface area contributed by atoms with E-state index in [9.17, 15) is 8.22 Å². The van der Waals surface area contributed by atoms with Crippen LogP contribution in [0.1, 0.15) is 38.4 Å². The highest BCUT2D eigenvalue weighted by Crippen LogP contribution is 2.40. The summed E-state index contributed by atoms with van der Waals surface area (Å²) < 4.78 is 254. The maximum Gasteiger partial charge on any atom is 0.164 e. The van der Waals surface area contributed by atoms with Crippen LogP contribution in [0, 0.1) is 0 Å². The molecule has 10 rings (SSSR count). The van der Waals surface area contributed by atoms with Crippen molar-refractivity contribution in [1.82, 2.24) is 19.5 Å². The van der Waals surface area contributed by atoms with Gasteiger partial charge in [-0.3, -0.25) is 0 Å². The second-order valence-corrected chi connectivity index (χ2v) is 10.3. The molecule has 5 nitrogen and oxygen atoms in total. The van der Waals surface area contributed by atoms with Gasteiger partial charge < -0.3 is 8.98 Å². The number of hydrogen-bond acceptors (Lipinski definition) is 4. The highest BCUT2D eigenvalue weighted by molar-refractivity contribution is 6.15. The molecule has 0 bridgehead atoms. The van der Waals surface area contributed by atoms with E-state index in [0.29, 0.717) is 0 Å². The summed E-state index contributed by atoms with van der Waals surface area (Å²) in [7, 11) is 0. The molecule has 0 amide bonds. The minimum absolute atomic E-state index is 0.577. The lowest BCUT2D eigenvalue weighted by Gasteiger charge is -2.11. The van der Waals surface area contributed by atoms with Gasteiger partial charge in [-0.2, -0.15) is 0 Å². The molecule has 0 atom stereocenters. The molecule has 3 heterocycles. The number of para-hydroxylation sites is 1. The van der Waals surface area contributed by atoms with Gasteiger partial charge in [-0.05, 0) is 47.4 Å². The van der Waals surface area contributed by atoms with Gasteiger partial charge in [-0.1, -0.05) is 133 Å². The highest BCUT2D eigenvalue weighted by atomic mass is 16.3. The van der Waals surface area contributed by atoms with Crippen molar-refractivity contribution in [3.8, 4) is 51.0 Å². The van der Waals surface area contributed by atoms with E-state index < -0.39 is 264 Å². The van der Waals surface area contributed by atoms with Gasteiger partial charge in [-0.25, -0.2) is 15.0 Å². The number of nitrogens with zero attached hydrogens (tertiary/aromatic N) is 4. The molecule has 10 aromatic rings. The van der Waals surface area contributed by atoms with E-state index in [2.05, 4.69) is 15.0 Å². The van der Waals surface area contributed by atoms with Gasteiger partial charge in [0.1, 0.15) is 11.2 Å². The summed E-state index contributed by atoms with van der Waals surface area (Å²) >= 11 is 0. The zero-order chi connectivity index (χ0) is 57.4. The first-order valence-corrected chi connectivity index (χ1v) is 14.4. The van der Waals surface area contributed by atoms with Crippen LogP contribution in [0.3, 0.4) is 0 Å². The SMILES string of the molecule is [2H]c1c([2H])c([2H])c(-c2nc(-c3c([2H])c([2H])c([2H])c([2H])c3[2H])nc(-c3c([2H])c([2H])c4c5c([2H])c([2H])c([2H])c([2H])c5n(-c5c([2H])c([2H])c([2H])c6oc7c([2H])c([2H])c(-c8c([2H])c([2H])c([2H])c([2H])c8[2H])c([2H])c7c56)c4c3[2H])n2)c([2H])c1[2H]. The Hall–Kier alpha value is -6.85. The molecule has 0 aliphatic rings. The first kappa shape index (κ1) is 11.9. The van der Waals surface area contributed by atoms with Crippen molar-refractivity contribution in [2.45, 2.75) is 0 Å². The largest absolute Gasteiger partial charge is 0.456 e. The average Bonchev–Trinajstić information content (AvgIpc) is 4.14. The lowest BCUT2D eigenvalue weighted by atomic mass is 10.0. The highest BCUT2D eigenvalue weighted by Gasteiger charge is 2.20. The van der Waals surface area contributed by atoms with Crippen LogP contribution < -0.4 is 0 Å². The Morgan fingerprint density at radius 3 is 1.68 bits per heavy atom. The van der Waals surface area contributed by atoms with Gasteiger partial charge in [0.15, 0.2) is 17.5 Å². The van der Waals surface area contributed by atoms with Gasteiger partial charge >= 0.3 is 0 Å². The van der Waals surface area contributed by atoms with Crippen LogP contribution in [-0.4, -0.2) is 19.5 Å². The predicted octanol–water partition coefficient (Wildman–Crippen LogP) is 11.5. The molecule has 0 radical (unpaired) electrons. The van der Waals surface area contributed by atoms with E-state index in [1.165, 1.54) is 0 Å². The first-order valence-electron chi connectivity index (χ1n) is 28.4. The zero-order valence-corrected chi connectivity index (χ0v) is 24.7. The summed E-state index contributed by atoms with van der Waals surface area (Å²) in [5.41, 5.74) is -7.29. The minimum Gasteiger partial charge on any atom is -0.456 e. The van der Waals surface area contributed by atoms with Crippen LogP contribution in [0.5, 0.6) is 0 Å². The Bertz CT molecular complexity index is 4320. The van der Waals surface area contributed by atoms with Crippen LogP contribution in [0.4, 0.5) is 0 Å². The first-order chi connectivity index (χ1) is 36.4. The molecule has 0 fully saturated rings. The molecular formula is C45H28N4O. The molecule has 234 valence electrons. The van der Waals surface area contributed by atoms with Crippen LogP contribution >= 0.6 is 0 Å². The molecule has 0 saturated carbocycles. The van der Waals surface area contributed by atoms with Crippen molar-refractivity contribution in [1.29, 1.82) is 0 Å². The van der Waals surface area contributed by atoms with E-state index >= 15 is 0 Å². The molecule has 0 spiro atoms.